The third-order valence-corrected chi connectivity index (χ3v) is 7.01. The summed E-state index contributed by atoms with van der Waals surface area (Å²) in [7, 11) is -3.90. The van der Waals surface area contributed by atoms with Gasteiger partial charge in [0.2, 0.25) is 5.91 Å². The molecule has 0 fully saturated rings. The van der Waals surface area contributed by atoms with E-state index >= 15 is 0 Å². The van der Waals surface area contributed by atoms with E-state index in [0.29, 0.717) is 22.7 Å². The minimum absolute atomic E-state index is 0.0642. The summed E-state index contributed by atoms with van der Waals surface area (Å²) in [4.78, 5) is 12.6. The van der Waals surface area contributed by atoms with Crippen LogP contribution in [0, 0.1) is 6.92 Å². The highest BCUT2D eigenvalue weighted by atomic mass is 35.5. The number of nitrogens with one attached hydrogen (secondary N) is 2. The molecule has 0 spiro atoms. The maximum atomic E-state index is 13.0. The Balaban J connectivity index is 1.41. The van der Waals surface area contributed by atoms with Crippen molar-refractivity contribution in [2.45, 2.75) is 24.7 Å². The smallest absolute Gasteiger partial charge is 0.262 e. The number of sulfonamides is 1. The topological polar surface area (TPSA) is 93.1 Å². The first-order valence-corrected chi connectivity index (χ1v) is 12.4. The molecule has 0 aliphatic heterocycles. The quantitative estimate of drug-likeness (QED) is 0.352. The molecule has 2 N–H and O–H groups in total. The fourth-order valence-electron chi connectivity index (χ4n) is 3.40. The highest BCUT2D eigenvalue weighted by Crippen LogP contribution is 2.27. The van der Waals surface area contributed by atoms with Crippen molar-refractivity contribution in [1.82, 2.24) is 9.78 Å². The van der Waals surface area contributed by atoms with Gasteiger partial charge in [-0.2, -0.15) is 5.10 Å². The first-order chi connectivity index (χ1) is 16.3. The third-order valence-electron chi connectivity index (χ3n) is 5.18. The van der Waals surface area contributed by atoms with Gasteiger partial charge in [-0.1, -0.05) is 48.0 Å². The van der Waals surface area contributed by atoms with Gasteiger partial charge in [0.05, 0.1) is 27.5 Å². The van der Waals surface area contributed by atoms with Crippen molar-refractivity contribution < 1.29 is 13.2 Å². The number of aryl methyl sites for hydroxylation is 2. The second kappa shape index (κ2) is 10.1. The van der Waals surface area contributed by atoms with Crippen molar-refractivity contribution in [3.63, 3.8) is 0 Å². The van der Waals surface area contributed by atoms with Gasteiger partial charge in [-0.05, 0) is 60.9 Å². The molecule has 7 nitrogen and oxygen atoms in total. The number of halogens is 1. The van der Waals surface area contributed by atoms with Crippen LogP contribution in [0.2, 0.25) is 5.02 Å². The van der Waals surface area contributed by atoms with Crippen LogP contribution in [-0.2, 0) is 21.2 Å². The molecule has 0 atom stereocenters. The van der Waals surface area contributed by atoms with E-state index < -0.39 is 10.0 Å². The van der Waals surface area contributed by atoms with Gasteiger partial charge in [0, 0.05) is 18.3 Å². The lowest BCUT2D eigenvalue weighted by Gasteiger charge is -2.13. The molecule has 1 heterocycles. The zero-order chi connectivity index (χ0) is 24.1. The highest BCUT2D eigenvalue weighted by molar-refractivity contribution is 7.92. The largest absolute Gasteiger partial charge is 0.326 e. The summed E-state index contributed by atoms with van der Waals surface area (Å²) < 4.78 is 30.2. The minimum atomic E-state index is -3.90. The number of carbonyl (C=O) groups is 1. The number of anilines is 2. The molecule has 0 radical (unpaired) electrons. The first-order valence-electron chi connectivity index (χ1n) is 10.6. The zero-order valence-electron chi connectivity index (χ0n) is 18.4. The summed E-state index contributed by atoms with van der Waals surface area (Å²) in [5.41, 5.74) is 3.10. The number of hydrogen-bond acceptors (Lipinski definition) is 4. The van der Waals surface area contributed by atoms with Crippen molar-refractivity contribution in [2.75, 3.05) is 10.0 Å². The van der Waals surface area contributed by atoms with E-state index in [4.69, 9.17) is 11.6 Å². The summed E-state index contributed by atoms with van der Waals surface area (Å²) in [5, 5.41) is 7.42. The molecule has 0 bridgehead atoms. The van der Waals surface area contributed by atoms with Gasteiger partial charge < -0.3 is 5.32 Å². The molecule has 0 aliphatic rings. The lowest BCUT2D eigenvalue weighted by molar-refractivity contribution is -0.116. The fraction of sp³-hybridized carbons (Fsp3) is 0.120. The van der Waals surface area contributed by atoms with E-state index in [1.807, 2.05) is 36.5 Å². The van der Waals surface area contributed by atoms with Crippen molar-refractivity contribution in [3.8, 4) is 5.69 Å². The molecule has 0 unspecified atom stereocenters. The fourth-order valence-corrected chi connectivity index (χ4v) is 4.99. The second-order valence-corrected chi connectivity index (χ2v) is 9.80. The average Bonchev–Trinajstić information content (AvgIpc) is 3.30. The minimum Gasteiger partial charge on any atom is -0.326 e. The Labute approximate surface area is 203 Å². The Kier molecular flexibility index (Phi) is 7.00. The first kappa shape index (κ1) is 23.5. The molecule has 3 aromatic carbocycles. The Bertz CT molecular complexity index is 1420. The van der Waals surface area contributed by atoms with Crippen molar-refractivity contribution in [2.24, 2.45) is 0 Å². The molecule has 1 amide bonds. The van der Waals surface area contributed by atoms with Crippen LogP contribution < -0.4 is 10.0 Å². The summed E-state index contributed by atoms with van der Waals surface area (Å²) in [6.45, 7) is 1.69. The predicted octanol–water partition coefficient (Wildman–Crippen LogP) is 5.21. The number of amides is 1. The van der Waals surface area contributed by atoms with E-state index in [0.717, 1.165) is 11.3 Å². The maximum absolute atomic E-state index is 13.0. The number of rotatable bonds is 8. The normalized spacial score (nSPS) is 11.2. The van der Waals surface area contributed by atoms with Gasteiger partial charge >= 0.3 is 0 Å². The van der Waals surface area contributed by atoms with Gasteiger partial charge in [-0.3, -0.25) is 9.52 Å². The van der Waals surface area contributed by atoms with Crippen LogP contribution in [0.4, 0.5) is 11.4 Å². The standard InChI is InChI=1S/C25H23ClN4O3S/c1-18-11-13-20(15-24(18)34(32,33)29-23-10-6-5-9-22(23)26)28-25(31)14-12-19-16-27-30(17-19)21-7-3-2-4-8-21/h2-11,13,15-17,29H,12,14H2,1H3,(H,28,31). The molecule has 0 saturated heterocycles. The number of hydrogen-bond donors (Lipinski definition) is 2. The highest BCUT2D eigenvalue weighted by Gasteiger charge is 2.19. The van der Waals surface area contributed by atoms with Crippen molar-refractivity contribution in [3.05, 3.63) is 101 Å². The Morgan fingerprint density at radius 3 is 2.53 bits per heavy atom. The lowest BCUT2D eigenvalue weighted by Crippen LogP contribution is -2.16. The average molecular weight is 495 g/mol. The number of nitrogens with zero attached hydrogens (tertiary/aromatic N) is 2. The Morgan fingerprint density at radius 1 is 1.03 bits per heavy atom. The molecule has 4 aromatic rings. The van der Waals surface area contributed by atoms with Gasteiger partial charge in [-0.15, -0.1) is 0 Å². The Morgan fingerprint density at radius 2 is 1.76 bits per heavy atom. The van der Waals surface area contributed by atoms with Gasteiger partial charge in [0.15, 0.2) is 0 Å². The van der Waals surface area contributed by atoms with Crippen LogP contribution in [0.1, 0.15) is 17.5 Å². The number of carbonyl (C=O) groups excluding carboxylic acids is 1. The molecule has 174 valence electrons. The van der Waals surface area contributed by atoms with Crippen LogP contribution >= 0.6 is 11.6 Å². The molecule has 1 aromatic heterocycles. The zero-order valence-corrected chi connectivity index (χ0v) is 20.0. The third kappa shape index (κ3) is 5.65. The van der Waals surface area contributed by atoms with E-state index in [-0.39, 0.29) is 22.9 Å². The van der Waals surface area contributed by atoms with Crippen LogP contribution in [0.3, 0.4) is 0 Å². The van der Waals surface area contributed by atoms with Crippen LogP contribution in [0.5, 0.6) is 0 Å². The molecule has 9 heteroatoms. The van der Waals surface area contributed by atoms with E-state index in [2.05, 4.69) is 15.1 Å². The number of benzene rings is 3. The molecule has 0 aliphatic carbocycles. The molecule has 0 saturated carbocycles. The molecule has 34 heavy (non-hydrogen) atoms. The van der Waals surface area contributed by atoms with Gasteiger partial charge in [-0.25, -0.2) is 13.1 Å². The van der Waals surface area contributed by atoms with Gasteiger partial charge in [0.1, 0.15) is 0 Å². The summed E-state index contributed by atoms with van der Waals surface area (Å²) in [6, 6.07) is 21.1. The van der Waals surface area contributed by atoms with Crippen LogP contribution in [0.25, 0.3) is 5.69 Å². The van der Waals surface area contributed by atoms with Crippen molar-refractivity contribution in [1.29, 1.82) is 0 Å². The van der Waals surface area contributed by atoms with E-state index in [9.17, 15) is 13.2 Å². The van der Waals surface area contributed by atoms with Crippen LogP contribution in [0.15, 0.2) is 90.1 Å². The molecular formula is C25H23ClN4O3S. The monoisotopic (exact) mass is 494 g/mol. The summed E-state index contributed by atoms with van der Waals surface area (Å²) in [5.74, 6) is -0.223. The van der Waals surface area contributed by atoms with E-state index in [1.165, 1.54) is 6.07 Å². The van der Waals surface area contributed by atoms with Gasteiger partial charge in [0.25, 0.3) is 10.0 Å². The lowest BCUT2D eigenvalue weighted by atomic mass is 10.2. The summed E-state index contributed by atoms with van der Waals surface area (Å²) >= 11 is 6.09. The second-order valence-electron chi connectivity index (χ2n) is 7.74. The number of para-hydroxylation sites is 2. The Hall–Kier alpha value is -3.62. The molecule has 4 rings (SSSR count). The SMILES string of the molecule is Cc1ccc(NC(=O)CCc2cnn(-c3ccccc3)c2)cc1S(=O)(=O)Nc1ccccc1Cl. The number of aromatic nitrogens is 2. The summed E-state index contributed by atoms with van der Waals surface area (Å²) in [6.07, 6.45) is 4.36. The van der Waals surface area contributed by atoms with Crippen molar-refractivity contribution >= 4 is 38.9 Å². The maximum Gasteiger partial charge on any atom is 0.262 e. The predicted molar refractivity (Wildman–Crippen MR) is 134 cm³/mol. The molecular weight excluding hydrogens is 472 g/mol. The van der Waals surface area contributed by atoms with E-state index in [1.54, 1.807) is 54.2 Å². The van der Waals surface area contributed by atoms with Crippen LogP contribution in [-0.4, -0.2) is 24.1 Å².